The van der Waals surface area contributed by atoms with Crippen molar-refractivity contribution in [3.63, 3.8) is 0 Å². The molecule has 1 aliphatic heterocycles. The van der Waals surface area contributed by atoms with Gasteiger partial charge in [0.05, 0.1) is 28.4 Å². The standard InChI is InChI=1S/C22H23N3O5S/c1-31(28,29)17-8-4-6-15(12-17)22(27)25(13-16-7-5-11-30-16)14-20-23-19-10-3-2-9-18(19)21(26)24-20/h2-4,6,8-10,12,16H,5,7,11,13-14H2,1H3,(H,23,24,26). The Bertz CT molecular complexity index is 1280. The Morgan fingerprint density at radius 3 is 2.77 bits per heavy atom. The maximum atomic E-state index is 13.3. The largest absolute Gasteiger partial charge is 0.376 e. The molecule has 2 heterocycles. The summed E-state index contributed by atoms with van der Waals surface area (Å²) in [5.41, 5.74) is 0.526. The molecule has 1 fully saturated rings. The van der Waals surface area contributed by atoms with Gasteiger partial charge in [-0.15, -0.1) is 0 Å². The molecule has 8 nitrogen and oxygen atoms in total. The molecule has 31 heavy (non-hydrogen) atoms. The number of amides is 1. The normalized spacial score (nSPS) is 16.5. The van der Waals surface area contributed by atoms with Crippen LogP contribution >= 0.6 is 0 Å². The van der Waals surface area contributed by atoms with Crippen LogP contribution < -0.4 is 5.56 Å². The summed E-state index contributed by atoms with van der Waals surface area (Å²) in [6.45, 7) is 1.03. The average molecular weight is 442 g/mol. The van der Waals surface area contributed by atoms with Crippen molar-refractivity contribution in [1.82, 2.24) is 14.9 Å². The molecule has 4 rings (SSSR count). The van der Waals surface area contributed by atoms with E-state index in [1.807, 2.05) is 0 Å². The molecule has 1 N–H and O–H groups in total. The van der Waals surface area contributed by atoms with Gasteiger partial charge in [-0.3, -0.25) is 9.59 Å². The van der Waals surface area contributed by atoms with Gasteiger partial charge >= 0.3 is 0 Å². The lowest BCUT2D eigenvalue weighted by molar-refractivity contribution is 0.0501. The third-order valence-electron chi connectivity index (χ3n) is 5.25. The van der Waals surface area contributed by atoms with Crippen LogP contribution in [0.15, 0.2) is 58.2 Å². The molecule has 1 aliphatic rings. The van der Waals surface area contributed by atoms with Crippen molar-refractivity contribution in [2.24, 2.45) is 0 Å². The highest BCUT2D eigenvalue weighted by Gasteiger charge is 2.25. The second kappa shape index (κ2) is 8.60. The quantitative estimate of drug-likeness (QED) is 0.628. The van der Waals surface area contributed by atoms with Gasteiger partial charge in [-0.1, -0.05) is 18.2 Å². The van der Waals surface area contributed by atoms with E-state index in [9.17, 15) is 18.0 Å². The molecule has 162 valence electrons. The number of hydrogen-bond acceptors (Lipinski definition) is 6. The number of H-pyrrole nitrogens is 1. The van der Waals surface area contributed by atoms with Gasteiger partial charge in [0.25, 0.3) is 11.5 Å². The molecule has 0 aliphatic carbocycles. The molecule has 0 bridgehead atoms. The lowest BCUT2D eigenvalue weighted by Gasteiger charge is -2.25. The lowest BCUT2D eigenvalue weighted by atomic mass is 10.1. The van der Waals surface area contributed by atoms with E-state index in [0.29, 0.717) is 29.9 Å². The summed E-state index contributed by atoms with van der Waals surface area (Å²) in [5.74, 6) is 0.00567. The minimum absolute atomic E-state index is 0.0713. The van der Waals surface area contributed by atoms with Gasteiger partial charge in [0.1, 0.15) is 5.82 Å². The second-order valence-electron chi connectivity index (χ2n) is 7.65. The fraction of sp³-hybridized carbons (Fsp3) is 0.318. The number of aromatic nitrogens is 2. The van der Waals surface area contributed by atoms with Crippen LogP contribution in [0, 0.1) is 0 Å². The van der Waals surface area contributed by atoms with Crippen LogP contribution in [0.3, 0.4) is 0 Å². The van der Waals surface area contributed by atoms with Gasteiger partial charge in [0.15, 0.2) is 9.84 Å². The molecule has 0 radical (unpaired) electrons. The van der Waals surface area contributed by atoms with Crippen LogP contribution in [0.25, 0.3) is 10.9 Å². The van der Waals surface area contributed by atoms with Crippen LogP contribution in [0.2, 0.25) is 0 Å². The van der Waals surface area contributed by atoms with Crippen molar-refractivity contribution < 1.29 is 17.9 Å². The summed E-state index contributed by atoms with van der Waals surface area (Å²) in [4.78, 5) is 34.6. The van der Waals surface area contributed by atoms with Gasteiger partial charge in [-0.2, -0.15) is 0 Å². The molecule has 1 amide bonds. The summed E-state index contributed by atoms with van der Waals surface area (Å²) >= 11 is 0. The first kappa shape index (κ1) is 21.2. The fourth-order valence-electron chi connectivity index (χ4n) is 3.69. The molecular formula is C22H23N3O5S. The Balaban J connectivity index is 1.67. The van der Waals surface area contributed by atoms with Crippen LogP contribution in [0.1, 0.15) is 29.0 Å². The summed E-state index contributed by atoms with van der Waals surface area (Å²) in [6, 6.07) is 13.0. The van der Waals surface area contributed by atoms with Crippen LogP contribution in [0.5, 0.6) is 0 Å². The Morgan fingerprint density at radius 1 is 1.23 bits per heavy atom. The van der Waals surface area contributed by atoms with Gasteiger partial charge in [-0.05, 0) is 43.2 Å². The van der Waals surface area contributed by atoms with Crippen molar-refractivity contribution >= 4 is 26.6 Å². The average Bonchev–Trinajstić information content (AvgIpc) is 3.25. The Kier molecular flexibility index (Phi) is 5.88. The predicted molar refractivity (Wildman–Crippen MR) is 116 cm³/mol. The molecule has 3 aromatic rings. The number of carbonyl (C=O) groups excluding carboxylic acids is 1. The Labute approximate surface area is 179 Å². The molecule has 1 atom stereocenters. The lowest BCUT2D eigenvalue weighted by Crippen LogP contribution is -2.38. The molecule has 1 saturated heterocycles. The minimum Gasteiger partial charge on any atom is -0.376 e. The number of aromatic amines is 1. The Morgan fingerprint density at radius 2 is 2.03 bits per heavy atom. The van der Waals surface area contributed by atoms with Gasteiger partial charge < -0.3 is 14.6 Å². The number of fused-ring (bicyclic) bond motifs is 1. The third kappa shape index (κ3) is 4.83. The summed E-state index contributed by atoms with van der Waals surface area (Å²) in [6.07, 6.45) is 2.73. The highest BCUT2D eigenvalue weighted by Crippen LogP contribution is 2.19. The van der Waals surface area contributed by atoms with E-state index in [1.165, 1.54) is 12.1 Å². The van der Waals surface area contributed by atoms with Gasteiger partial charge in [0.2, 0.25) is 0 Å². The van der Waals surface area contributed by atoms with E-state index in [2.05, 4.69) is 9.97 Å². The highest BCUT2D eigenvalue weighted by atomic mass is 32.2. The zero-order chi connectivity index (χ0) is 22.0. The topological polar surface area (TPSA) is 109 Å². The summed E-state index contributed by atoms with van der Waals surface area (Å²) in [5, 5.41) is 0.476. The number of hydrogen-bond donors (Lipinski definition) is 1. The molecule has 1 unspecified atom stereocenters. The van der Waals surface area contributed by atoms with Gasteiger partial charge in [0, 0.05) is 25.0 Å². The number of benzene rings is 2. The number of sulfone groups is 1. The first-order chi connectivity index (χ1) is 14.8. The van der Waals surface area contributed by atoms with Crippen molar-refractivity contribution in [2.75, 3.05) is 19.4 Å². The maximum Gasteiger partial charge on any atom is 0.258 e. The molecule has 1 aromatic heterocycles. The molecule has 2 aromatic carbocycles. The number of nitrogens with zero attached hydrogens (tertiary/aromatic N) is 2. The van der Waals surface area contributed by atoms with Crippen molar-refractivity contribution in [3.05, 3.63) is 70.3 Å². The molecular weight excluding hydrogens is 418 g/mol. The number of nitrogens with one attached hydrogen (secondary N) is 1. The van der Waals surface area contributed by atoms with E-state index in [1.54, 1.807) is 41.3 Å². The number of ether oxygens (including phenoxy) is 1. The monoisotopic (exact) mass is 441 g/mol. The SMILES string of the molecule is CS(=O)(=O)c1cccc(C(=O)N(Cc2nc3ccccc3c(=O)[nH]2)CC2CCCO2)c1. The minimum atomic E-state index is -3.45. The number of carbonyl (C=O) groups is 1. The number of rotatable bonds is 6. The van der Waals surface area contributed by atoms with Crippen LogP contribution in [-0.4, -0.2) is 54.7 Å². The smallest absolute Gasteiger partial charge is 0.258 e. The first-order valence-corrected chi connectivity index (χ1v) is 11.9. The summed E-state index contributed by atoms with van der Waals surface area (Å²) in [7, 11) is -3.45. The second-order valence-corrected chi connectivity index (χ2v) is 9.67. The van der Waals surface area contributed by atoms with Crippen LogP contribution in [0.4, 0.5) is 0 Å². The molecule has 9 heteroatoms. The van der Waals surface area contributed by atoms with Gasteiger partial charge in [-0.25, -0.2) is 13.4 Å². The van der Waals surface area contributed by atoms with E-state index in [-0.39, 0.29) is 34.6 Å². The number of para-hydroxylation sites is 1. The fourth-order valence-corrected chi connectivity index (χ4v) is 4.35. The zero-order valence-corrected chi connectivity index (χ0v) is 17.9. The zero-order valence-electron chi connectivity index (χ0n) is 17.1. The van der Waals surface area contributed by atoms with E-state index >= 15 is 0 Å². The first-order valence-electron chi connectivity index (χ1n) is 10.0. The maximum absolute atomic E-state index is 13.3. The summed E-state index contributed by atoms with van der Waals surface area (Å²) < 4.78 is 29.5. The molecule has 0 saturated carbocycles. The Hall–Kier alpha value is -3.04. The predicted octanol–water partition coefficient (Wildman–Crippen LogP) is 2.15. The third-order valence-corrected chi connectivity index (χ3v) is 6.36. The van der Waals surface area contributed by atoms with Crippen molar-refractivity contribution in [2.45, 2.75) is 30.4 Å². The van der Waals surface area contributed by atoms with E-state index < -0.39 is 9.84 Å². The van der Waals surface area contributed by atoms with E-state index in [0.717, 1.165) is 19.1 Å². The molecule has 0 spiro atoms. The van der Waals surface area contributed by atoms with Crippen LogP contribution in [-0.2, 0) is 21.1 Å². The highest BCUT2D eigenvalue weighted by molar-refractivity contribution is 7.90. The van der Waals surface area contributed by atoms with Crippen molar-refractivity contribution in [1.29, 1.82) is 0 Å². The van der Waals surface area contributed by atoms with Crippen molar-refractivity contribution in [3.8, 4) is 0 Å². The van der Waals surface area contributed by atoms with E-state index in [4.69, 9.17) is 4.74 Å².